The van der Waals surface area contributed by atoms with Gasteiger partial charge >= 0.3 is 0 Å². The van der Waals surface area contributed by atoms with Gasteiger partial charge in [-0.3, -0.25) is 9.89 Å². The third-order valence-corrected chi connectivity index (χ3v) is 2.91. The fraction of sp³-hybridized carbons (Fsp3) is 0.250. The van der Waals surface area contributed by atoms with E-state index in [-0.39, 0.29) is 10.8 Å². The highest BCUT2D eigenvalue weighted by Crippen LogP contribution is 2.21. The number of anilines is 2. The molecule has 6 nitrogen and oxygen atoms in total. The standard InChI is InChI=1S/C12H14ClN5O/c1-2-4-7-9(14)10(18-17-7)12(19)16-8-5-3-6-15-11(8)13/h3,5-6H,2,4,14H2,1H3,(H,16,19)(H,17,18). The zero-order valence-electron chi connectivity index (χ0n) is 10.4. The number of pyridine rings is 1. The number of hydrogen-bond donors (Lipinski definition) is 3. The minimum absolute atomic E-state index is 0.170. The van der Waals surface area contributed by atoms with E-state index in [1.165, 1.54) is 0 Å². The van der Waals surface area contributed by atoms with Crippen LogP contribution in [-0.4, -0.2) is 21.1 Å². The maximum atomic E-state index is 12.0. The number of aromatic amines is 1. The maximum absolute atomic E-state index is 12.0. The van der Waals surface area contributed by atoms with Crippen LogP contribution in [0.5, 0.6) is 0 Å². The fourth-order valence-corrected chi connectivity index (χ4v) is 1.83. The van der Waals surface area contributed by atoms with E-state index in [0.29, 0.717) is 11.4 Å². The second-order valence-electron chi connectivity index (χ2n) is 4.01. The Labute approximate surface area is 115 Å². The molecule has 0 saturated carbocycles. The number of nitrogen functional groups attached to an aromatic ring is 1. The molecular formula is C12H14ClN5O. The highest BCUT2D eigenvalue weighted by atomic mass is 35.5. The molecule has 0 atom stereocenters. The smallest absolute Gasteiger partial charge is 0.278 e. The highest BCUT2D eigenvalue weighted by molar-refractivity contribution is 6.32. The van der Waals surface area contributed by atoms with Gasteiger partial charge in [0.05, 0.1) is 17.1 Å². The molecule has 100 valence electrons. The van der Waals surface area contributed by atoms with Gasteiger partial charge in [0.1, 0.15) is 0 Å². The molecule has 0 saturated heterocycles. The number of nitrogens with two attached hydrogens (primary N) is 1. The molecule has 0 fully saturated rings. The predicted octanol–water partition coefficient (Wildman–Crippen LogP) is 2.25. The predicted molar refractivity (Wildman–Crippen MR) is 74.2 cm³/mol. The molecule has 4 N–H and O–H groups in total. The number of rotatable bonds is 4. The molecule has 1 amide bonds. The minimum atomic E-state index is -0.411. The first-order chi connectivity index (χ1) is 9.13. The summed E-state index contributed by atoms with van der Waals surface area (Å²) in [7, 11) is 0. The van der Waals surface area contributed by atoms with Crippen molar-refractivity contribution in [3.8, 4) is 0 Å². The van der Waals surface area contributed by atoms with Crippen molar-refractivity contribution in [3.05, 3.63) is 34.9 Å². The third-order valence-electron chi connectivity index (χ3n) is 2.61. The van der Waals surface area contributed by atoms with Crippen LogP contribution in [0.25, 0.3) is 0 Å². The van der Waals surface area contributed by atoms with E-state index in [2.05, 4.69) is 20.5 Å². The van der Waals surface area contributed by atoms with E-state index >= 15 is 0 Å². The molecule has 0 bridgehead atoms. The average molecular weight is 280 g/mol. The van der Waals surface area contributed by atoms with E-state index in [9.17, 15) is 4.79 Å². The number of aryl methyl sites for hydroxylation is 1. The first kappa shape index (κ1) is 13.4. The van der Waals surface area contributed by atoms with Gasteiger partial charge < -0.3 is 11.1 Å². The van der Waals surface area contributed by atoms with E-state index < -0.39 is 5.91 Å². The van der Waals surface area contributed by atoms with Gasteiger partial charge in [0.2, 0.25) is 0 Å². The number of aromatic nitrogens is 3. The van der Waals surface area contributed by atoms with Crippen molar-refractivity contribution in [2.45, 2.75) is 19.8 Å². The summed E-state index contributed by atoms with van der Waals surface area (Å²) >= 11 is 5.87. The molecule has 0 aromatic carbocycles. The number of hydrogen-bond acceptors (Lipinski definition) is 4. The normalized spacial score (nSPS) is 10.4. The SMILES string of the molecule is CCCc1[nH]nc(C(=O)Nc2cccnc2Cl)c1N. The van der Waals surface area contributed by atoms with E-state index in [1.54, 1.807) is 18.3 Å². The van der Waals surface area contributed by atoms with Gasteiger partial charge in [-0.2, -0.15) is 5.10 Å². The Kier molecular flexibility index (Phi) is 4.01. The largest absolute Gasteiger partial charge is 0.395 e. The summed E-state index contributed by atoms with van der Waals surface area (Å²) < 4.78 is 0. The Hall–Kier alpha value is -2.08. The third kappa shape index (κ3) is 2.85. The second-order valence-corrected chi connectivity index (χ2v) is 4.37. The summed E-state index contributed by atoms with van der Waals surface area (Å²) in [5.74, 6) is -0.411. The molecule has 2 aromatic heterocycles. The molecule has 0 aliphatic carbocycles. The summed E-state index contributed by atoms with van der Waals surface area (Å²) in [5, 5.41) is 9.55. The van der Waals surface area contributed by atoms with Crippen LogP contribution in [0.2, 0.25) is 5.15 Å². The topological polar surface area (TPSA) is 96.7 Å². The van der Waals surface area contributed by atoms with Gasteiger partial charge in [0, 0.05) is 6.20 Å². The summed E-state index contributed by atoms with van der Waals surface area (Å²) in [6, 6.07) is 3.33. The Morgan fingerprint density at radius 3 is 3.05 bits per heavy atom. The van der Waals surface area contributed by atoms with Crippen molar-refractivity contribution >= 4 is 28.9 Å². The van der Waals surface area contributed by atoms with Crippen molar-refractivity contribution in [2.75, 3.05) is 11.1 Å². The fourth-order valence-electron chi connectivity index (χ4n) is 1.66. The summed E-state index contributed by atoms with van der Waals surface area (Å²) in [6.07, 6.45) is 3.21. The van der Waals surface area contributed by atoms with Crippen molar-refractivity contribution in [1.29, 1.82) is 0 Å². The van der Waals surface area contributed by atoms with Crippen LogP contribution >= 0.6 is 11.6 Å². The Balaban J connectivity index is 2.19. The summed E-state index contributed by atoms with van der Waals surface area (Å²) in [5.41, 5.74) is 7.62. The lowest BCUT2D eigenvalue weighted by Crippen LogP contribution is -2.14. The molecule has 0 unspecified atom stereocenters. The van der Waals surface area contributed by atoms with Gasteiger partial charge in [-0.05, 0) is 18.6 Å². The van der Waals surface area contributed by atoms with E-state index in [4.69, 9.17) is 17.3 Å². The van der Waals surface area contributed by atoms with Crippen LogP contribution in [0.3, 0.4) is 0 Å². The molecule has 2 rings (SSSR count). The second kappa shape index (κ2) is 5.71. The van der Waals surface area contributed by atoms with Crippen molar-refractivity contribution in [3.63, 3.8) is 0 Å². The Morgan fingerprint density at radius 1 is 1.58 bits per heavy atom. The number of halogens is 1. The van der Waals surface area contributed by atoms with Crippen molar-refractivity contribution in [2.24, 2.45) is 0 Å². The van der Waals surface area contributed by atoms with E-state index in [0.717, 1.165) is 18.5 Å². The van der Waals surface area contributed by atoms with Crippen LogP contribution in [0.4, 0.5) is 11.4 Å². The quantitative estimate of drug-likeness (QED) is 0.748. The molecule has 2 aromatic rings. The van der Waals surface area contributed by atoms with Crippen LogP contribution in [0, 0.1) is 0 Å². The minimum Gasteiger partial charge on any atom is -0.395 e. The van der Waals surface area contributed by atoms with Crippen LogP contribution < -0.4 is 11.1 Å². The van der Waals surface area contributed by atoms with Gasteiger partial charge in [-0.15, -0.1) is 0 Å². The Morgan fingerprint density at radius 2 is 2.37 bits per heavy atom. The molecule has 0 radical (unpaired) electrons. The number of amides is 1. The maximum Gasteiger partial charge on any atom is 0.278 e. The first-order valence-electron chi connectivity index (χ1n) is 5.88. The first-order valence-corrected chi connectivity index (χ1v) is 6.25. The molecular weight excluding hydrogens is 266 g/mol. The number of carbonyl (C=O) groups is 1. The monoisotopic (exact) mass is 279 g/mol. The van der Waals surface area contributed by atoms with Gasteiger partial charge in [0.25, 0.3) is 5.91 Å². The van der Waals surface area contributed by atoms with E-state index in [1.807, 2.05) is 6.92 Å². The molecule has 19 heavy (non-hydrogen) atoms. The lowest BCUT2D eigenvalue weighted by atomic mass is 10.2. The Bertz CT molecular complexity index is 596. The summed E-state index contributed by atoms with van der Waals surface area (Å²) in [6.45, 7) is 2.02. The average Bonchev–Trinajstić information content (AvgIpc) is 2.75. The molecule has 0 aliphatic rings. The van der Waals surface area contributed by atoms with Crippen LogP contribution in [0.1, 0.15) is 29.5 Å². The highest BCUT2D eigenvalue weighted by Gasteiger charge is 2.17. The number of H-pyrrole nitrogens is 1. The zero-order valence-corrected chi connectivity index (χ0v) is 11.2. The molecule has 0 aliphatic heterocycles. The molecule has 2 heterocycles. The molecule has 0 spiro atoms. The van der Waals surface area contributed by atoms with Crippen LogP contribution in [-0.2, 0) is 6.42 Å². The van der Waals surface area contributed by atoms with Crippen molar-refractivity contribution in [1.82, 2.24) is 15.2 Å². The number of nitrogens with zero attached hydrogens (tertiary/aromatic N) is 2. The molecule has 7 heteroatoms. The lowest BCUT2D eigenvalue weighted by Gasteiger charge is -2.04. The zero-order chi connectivity index (χ0) is 13.8. The summed E-state index contributed by atoms with van der Waals surface area (Å²) in [4.78, 5) is 15.9. The van der Waals surface area contributed by atoms with Gasteiger partial charge in [-0.25, -0.2) is 4.98 Å². The number of nitrogens with one attached hydrogen (secondary N) is 2. The van der Waals surface area contributed by atoms with Crippen LogP contribution in [0.15, 0.2) is 18.3 Å². The van der Waals surface area contributed by atoms with Gasteiger partial charge in [-0.1, -0.05) is 24.9 Å². The van der Waals surface area contributed by atoms with Crippen molar-refractivity contribution < 1.29 is 4.79 Å². The number of carbonyl (C=O) groups excluding carboxylic acids is 1. The van der Waals surface area contributed by atoms with Gasteiger partial charge in [0.15, 0.2) is 10.8 Å². The lowest BCUT2D eigenvalue weighted by molar-refractivity contribution is 0.102.